The summed E-state index contributed by atoms with van der Waals surface area (Å²) in [5.41, 5.74) is -6.03. The molecule has 38 heavy (non-hydrogen) atoms. The molecule has 214 valence electrons. The minimum Gasteiger partial charge on any atom is -0.393 e. The van der Waals surface area contributed by atoms with Crippen molar-refractivity contribution in [2.75, 3.05) is 0 Å². The molecule has 0 heterocycles. The number of carbonyl (C=O) groups excluding carboxylic acids is 3. The number of Topliss-reactive ketones (excluding diaryl/α,β-unsaturated/α-hetero) is 3. The maximum Gasteiger partial charge on any atom is 0.170 e. The Morgan fingerprint density at radius 1 is 1.05 bits per heavy atom. The van der Waals surface area contributed by atoms with Gasteiger partial charge in [-0.3, -0.25) is 14.4 Å². The van der Waals surface area contributed by atoms with Crippen LogP contribution < -0.4 is 0 Å². The molecule has 8 heteroatoms. The van der Waals surface area contributed by atoms with Gasteiger partial charge in [0.2, 0.25) is 0 Å². The van der Waals surface area contributed by atoms with Crippen LogP contribution in [0.2, 0.25) is 0 Å². The fraction of sp³-hybridized carbons (Fsp3) is 0.833. The molecular weight excluding hydrogens is 488 g/mol. The lowest BCUT2D eigenvalue weighted by molar-refractivity contribution is -0.186. The number of ketones is 3. The lowest BCUT2D eigenvalue weighted by Gasteiger charge is -2.64. The van der Waals surface area contributed by atoms with E-state index in [9.17, 15) is 39.9 Å². The van der Waals surface area contributed by atoms with E-state index in [1.54, 1.807) is 13.8 Å². The fourth-order valence-corrected chi connectivity index (χ4v) is 9.20. The van der Waals surface area contributed by atoms with Gasteiger partial charge in [-0.2, -0.15) is 0 Å². The molecule has 0 radical (unpaired) electrons. The number of aliphatic hydroxyl groups excluding tert-OH is 3. The number of hydrogen-bond acceptors (Lipinski definition) is 8. The zero-order valence-electron chi connectivity index (χ0n) is 24.0. The third kappa shape index (κ3) is 3.70. The maximum absolute atomic E-state index is 14.2. The van der Waals surface area contributed by atoms with Gasteiger partial charge in [0.15, 0.2) is 11.6 Å². The van der Waals surface area contributed by atoms with Crippen molar-refractivity contribution in [1.29, 1.82) is 0 Å². The maximum atomic E-state index is 14.2. The van der Waals surface area contributed by atoms with Crippen LogP contribution in [0, 0.1) is 39.4 Å². The van der Waals surface area contributed by atoms with Crippen LogP contribution in [-0.2, 0) is 14.4 Å². The molecule has 0 spiro atoms. The molecule has 8 nitrogen and oxygen atoms in total. The molecule has 0 saturated heterocycles. The summed E-state index contributed by atoms with van der Waals surface area (Å²) in [6.07, 6.45) is -1.07. The molecule has 4 aliphatic carbocycles. The monoisotopic (exact) mass is 534 g/mol. The molecule has 3 fully saturated rings. The standard InChI is InChI=1S/C30H46O8/c1-25(2)15-9-10-19-27(5)13-18(32)23(30(8,38)21(34)12-20(33)26(3,4)37)28(27,6)14-22(35)29(19,7)16(15)11-17(31)24(25)36/h9,16-20,23,31-33,37-38H,10-14H2,1-8H3/t16-,17+,18-,19+,20-,23+,27+,28-,29+,30+/m1/s1. The van der Waals surface area contributed by atoms with E-state index < -0.39 is 69.3 Å². The van der Waals surface area contributed by atoms with Gasteiger partial charge in [-0.05, 0) is 76.5 Å². The zero-order chi connectivity index (χ0) is 29.0. The van der Waals surface area contributed by atoms with E-state index in [1.807, 2.05) is 26.8 Å². The Bertz CT molecular complexity index is 1080. The molecule has 0 aromatic carbocycles. The van der Waals surface area contributed by atoms with Crippen LogP contribution in [-0.4, -0.2) is 72.4 Å². The molecule has 0 bridgehead atoms. The molecule has 4 rings (SSSR count). The normalized spacial score (nSPS) is 44.9. The van der Waals surface area contributed by atoms with E-state index in [-0.39, 0.29) is 42.7 Å². The van der Waals surface area contributed by atoms with Crippen molar-refractivity contribution in [1.82, 2.24) is 0 Å². The smallest absolute Gasteiger partial charge is 0.170 e. The van der Waals surface area contributed by atoms with Crippen molar-refractivity contribution in [3.8, 4) is 0 Å². The third-order valence-corrected chi connectivity index (χ3v) is 11.8. The summed E-state index contributed by atoms with van der Waals surface area (Å²) < 4.78 is 0. The van der Waals surface area contributed by atoms with Gasteiger partial charge in [-0.25, -0.2) is 0 Å². The van der Waals surface area contributed by atoms with Crippen molar-refractivity contribution >= 4 is 17.3 Å². The van der Waals surface area contributed by atoms with Gasteiger partial charge >= 0.3 is 0 Å². The quantitative estimate of drug-likeness (QED) is 0.336. The van der Waals surface area contributed by atoms with Gasteiger partial charge in [0.1, 0.15) is 17.5 Å². The lowest BCUT2D eigenvalue weighted by atomic mass is 9.38. The first kappa shape index (κ1) is 29.5. The highest BCUT2D eigenvalue weighted by Gasteiger charge is 2.74. The summed E-state index contributed by atoms with van der Waals surface area (Å²) in [7, 11) is 0. The van der Waals surface area contributed by atoms with E-state index in [0.717, 1.165) is 5.57 Å². The van der Waals surface area contributed by atoms with Gasteiger partial charge in [-0.15, -0.1) is 0 Å². The Balaban J connectivity index is 1.77. The highest BCUT2D eigenvalue weighted by Crippen LogP contribution is 2.74. The fourth-order valence-electron chi connectivity index (χ4n) is 9.20. The predicted octanol–water partition coefficient (Wildman–Crippen LogP) is 2.12. The molecule has 0 aromatic heterocycles. The number of rotatable bonds is 5. The third-order valence-electron chi connectivity index (χ3n) is 11.8. The van der Waals surface area contributed by atoms with Gasteiger partial charge in [0.25, 0.3) is 0 Å². The van der Waals surface area contributed by atoms with Crippen LogP contribution in [0.1, 0.15) is 87.5 Å². The van der Waals surface area contributed by atoms with E-state index in [4.69, 9.17) is 0 Å². The van der Waals surface area contributed by atoms with E-state index in [0.29, 0.717) is 6.42 Å². The van der Waals surface area contributed by atoms with Crippen LogP contribution in [0.3, 0.4) is 0 Å². The molecule has 0 unspecified atom stereocenters. The van der Waals surface area contributed by atoms with Crippen LogP contribution in [0.4, 0.5) is 0 Å². The van der Waals surface area contributed by atoms with Gasteiger partial charge in [0, 0.05) is 29.6 Å². The Kier molecular flexibility index (Phi) is 6.63. The summed E-state index contributed by atoms with van der Waals surface area (Å²) in [5, 5.41) is 54.3. The first-order valence-corrected chi connectivity index (χ1v) is 13.9. The Labute approximate surface area is 225 Å². The molecule has 5 N–H and O–H groups in total. The highest BCUT2D eigenvalue weighted by molar-refractivity contribution is 5.95. The van der Waals surface area contributed by atoms with Gasteiger partial charge in [0.05, 0.1) is 17.8 Å². The molecule has 10 atom stereocenters. The molecule has 4 aliphatic rings. The van der Waals surface area contributed by atoms with Crippen molar-refractivity contribution in [3.05, 3.63) is 11.6 Å². The minimum absolute atomic E-state index is 0.0317. The lowest BCUT2D eigenvalue weighted by Crippen LogP contribution is -2.65. The van der Waals surface area contributed by atoms with Crippen LogP contribution >= 0.6 is 0 Å². The van der Waals surface area contributed by atoms with Crippen LogP contribution in [0.5, 0.6) is 0 Å². The van der Waals surface area contributed by atoms with Gasteiger partial charge < -0.3 is 25.5 Å². The zero-order valence-corrected chi connectivity index (χ0v) is 24.0. The predicted molar refractivity (Wildman–Crippen MR) is 140 cm³/mol. The summed E-state index contributed by atoms with van der Waals surface area (Å²) in [6.45, 7) is 13.6. The molecule has 0 amide bonds. The first-order chi connectivity index (χ1) is 17.1. The average molecular weight is 535 g/mol. The molecule has 0 aromatic rings. The molecular formula is C30H46O8. The van der Waals surface area contributed by atoms with Gasteiger partial charge in [-0.1, -0.05) is 32.4 Å². The summed E-state index contributed by atoms with van der Waals surface area (Å²) in [6, 6.07) is 0. The number of carbonyl (C=O) groups is 3. The van der Waals surface area contributed by atoms with Crippen molar-refractivity contribution in [3.63, 3.8) is 0 Å². The first-order valence-electron chi connectivity index (χ1n) is 13.9. The summed E-state index contributed by atoms with van der Waals surface area (Å²) in [5.74, 6) is -2.49. The molecule has 3 saturated carbocycles. The topological polar surface area (TPSA) is 152 Å². The Hall–Kier alpha value is -1.45. The largest absolute Gasteiger partial charge is 0.393 e. The number of fused-ring (bicyclic) bond motifs is 5. The second kappa shape index (κ2) is 8.53. The van der Waals surface area contributed by atoms with E-state index >= 15 is 0 Å². The van der Waals surface area contributed by atoms with Crippen LogP contribution in [0.25, 0.3) is 0 Å². The van der Waals surface area contributed by atoms with Crippen LogP contribution in [0.15, 0.2) is 11.6 Å². The van der Waals surface area contributed by atoms with E-state index in [1.165, 1.54) is 20.8 Å². The molecule has 0 aliphatic heterocycles. The highest BCUT2D eigenvalue weighted by atomic mass is 16.3. The Morgan fingerprint density at radius 3 is 2.18 bits per heavy atom. The van der Waals surface area contributed by atoms with Crippen molar-refractivity contribution in [2.24, 2.45) is 39.4 Å². The van der Waals surface area contributed by atoms with Crippen molar-refractivity contribution in [2.45, 2.75) is 117 Å². The second-order valence-electron chi connectivity index (χ2n) is 14.7. The SMILES string of the molecule is CC1(C)C(=O)[C@@H](O)C[C@@H]2C1=CC[C@@H]1[C@@]2(C)C(=O)C[C@]2(C)[C@@H]([C@@](C)(O)C(=O)C[C@@H](O)C(C)(C)O)[C@H](O)C[C@@]12C. The number of aliphatic hydroxyl groups is 5. The number of hydrogen-bond donors (Lipinski definition) is 5. The van der Waals surface area contributed by atoms with E-state index in [2.05, 4.69) is 0 Å². The van der Waals surface area contributed by atoms with Crippen molar-refractivity contribution < 1.29 is 39.9 Å². The summed E-state index contributed by atoms with van der Waals surface area (Å²) in [4.78, 5) is 40.4. The Morgan fingerprint density at radius 2 is 1.63 bits per heavy atom. The number of allylic oxidation sites excluding steroid dienone is 2. The second-order valence-corrected chi connectivity index (χ2v) is 14.7. The minimum atomic E-state index is -2.04. The summed E-state index contributed by atoms with van der Waals surface area (Å²) >= 11 is 0. The average Bonchev–Trinajstić information content (AvgIpc) is 2.97.